The van der Waals surface area contributed by atoms with Gasteiger partial charge in [-0.3, -0.25) is 0 Å². The third-order valence-electron chi connectivity index (χ3n) is 2.69. The Kier molecular flexibility index (Phi) is 3.85. The average Bonchev–Trinajstić information content (AvgIpc) is 2.37. The predicted molar refractivity (Wildman–Crippen MR) is 69.5 cm³/mol. The lowest BCUT2D eigenvalue weighted by molar-refractivity contribution is 0.258. The van der Waals surface area contributed by atoms with Gasteiger partial charge in [0.2, 0.25) is 0 Å². The van der Waals surface area contributed by atoms with E-state index in [9.17, 15) is 10.2 Å². The molecule has 0 aliphatic rings. The van der Waals surface area contributed by atoms with Crippen molar-refractivity contribution in [1.29, 1.82) is 0 Å². The molecule has 0 atom stereocenters. The van der Waals surface area contributed by atoms with E-state index in [0.717, 1.165) is 16.7 Å². The lowest BCUT2D eigenvalue weighted by Crippen LogP contribution is -1.99. The number of aryl methyl sites for hydroxylation is 1. The number of hydrogen-bond donors (Lipinski definition) is 2. The molecule has 0 bridgehead atoms. The predicted octanol–water partition coefficient (Wildman–Crippen LogP) is 2.77. The summed E-state index contributed by atoms with van der Waals surface area (Å²) in [5.41, 5.74) is 2.75. The first-order chi connectivity index (χ1) is 8.69. The monoisotopic (exact) mass is 244 g/mol. The second kappa shape index (κ2) is 5.56. The summed E-state index contributed by atoms with van der Waals surface area (Å²) in [6, 6.07) is 12.6. The van der Waals surface area contributed by atoms with Gasteiger partial charge in [0.1, 0.15) is 18.1 Å². The van der Waals surface area contributed by atoms with Gasteiger partial charge in [0, 0.05) is 5.56 Å². The Morgan fingerprint density at radius 2 is 1.94 bits per heavy atom. The number of phenols is 1. The van der Waals surface area contributed by atoms with Gasteiger partial charge >= 0.3 is 0 Å². The van der Waals surface area contributed by atoms with E-state index in [0.29, 0.717) is 12.4 Å². The summed E-state index contributed by atoms with van der Waals surface area (Å²) in [6.07, 6.45) is 0. The molecule has 2 aromatic rings. The maximum atomic E-state index is 9.35. The Balaban J connectivity index is 2.10. The molecule has 0 spiro atoms. The minimum atomic E-state index is -0.0446. The van der Waals surface area contributed by atoms with Crippen LogP contribution in [0.2, 0.25) is 0 Å². The summed E-state index contributed by atoms with van der Waals surface area (Å²) in [7, 11) is 0. The number of rotatable bonds is 4. The third kappa shape index (κ3) is 3.02. The van der Waals surface area contributed by atoms with Crippen LogP contribution >= 0.6 is 0 Å². The van der Waals surface area contributed by atoms with Crippen molar-refractivity contribution < 1.29 is 14.9 Å². The molecule has 0 saturated heterocycles. The maximum absolute atomic E-state index is 9.35. The van der Waals surface area contributed by atoms with Crippen LogP contribution in [0.1, 0.15) is 16.7 Å². The number of aliphatic hydroxyl groups is 1. The van der Waals surface area contributed by atoms with Crippen molar-refractivity contribution in [2.24, 2.45) is 0 Å². The Labute approximate surface area is 106 Å². The van der Waals surface area contributed by atoms with E-state index >= 15 is 0 Å². The molecule has 0 aliphatic carbocycles. The number of hydrogen-bond acceptors (Lipinski definition) is 3. The van der Waals surface area contributed by atoms with Gasteiger partial charge < -0.3 is 14.9 Å². The number of aromatic hydroxyl groups is 1. The van der Waals surface area contributed by atoms with Gasteiger partial charge in [0.25, 0.3) is 0 Å². The lowest BCUT2D eigenvalue weighted by atomic mass is 10.1. The molecule has 0 aromatic heterocycles. The highest BCUT2D eigenvalue weighted by Gasteiger charge is 2.04. The van der Waals surface area contributed by atoms with E-state index in [-0.39, 0.29) is 12.4 Å². The molecule has 0 saturated carbocycles. The maximum Gasteiger partial charge on any atom is 0.125 e. The van der Waals surface area contributed by atoms with Crippen LogP contribution in [0.15, 0.2) is 42.5 Å². The fourth-order valence-corrected chi connectivity index (χ4v) is 1.78. The smallest absolute Gasteiger partial charge is 0.125 e. The summed E-state index contributed by atoms with van der Waals surface area (Å²) in [5.74, 6) is 0.897. The summed E-state index contributed by atoms with van der Waals surface area (Å²) < 4.78 is 5.65. The minimum absolute atomic E-state index is 0.0446. The standard InChI is InChI=1S/C15H16O3/c1-11-5-6-15(13(7-11)9-16)18-10-12-3-2-4-14(17)8-12/h2-8,16-17H,9-10H2,1H3. The fraction of sp³-hybridized carbons (Fsp3) is 0.200. The van der Waals surface area contributed by atoms with Crippen LogP contribution in [0, 0.1) is 6.92 Å². The second-order valence-electron chi connectivity index (χ2n) is 4.23. The van der Waals surface area contributed by atoms with Crippen LogP contribution in [-0.4, -0.2) is 10.2 Å². The summed E-state index contributed by atoms with van der Waals surface area (Å²) in [5, 5.41) is 18.6. The van der Waals surface area contributed by atoms with Gasteiger partial charge in [-0.15, -0.1) is 0 Å². The zero-order chi connectivity index (χ0) is 13.0. The molecule has 0 fully saturated rings. The van der Waals surface area contributed by atoms with E-state index in [1.165, 1.54) is 0 Å². The Bertz CT molecular complexity index is 535. The van der Waals surface area contributed by atoms with E-state index in [2.05, 4.69) is 0 Å². The summed E-state index contributed by atoms with van der Waals surface area (Å²) in [6.45, 7) is 2.29. The van der Waals surface area contributed by atoms with Crippen LogP contribution in [-0.2, 0) is 13.2 Å². The minimum Gasteiger partial charge on any atom is -0.508 e. The van der Waals surface area contributed by atoms with Crippen molar-refractivity contribution in [3.05, 3.63) is 59.2 Å². The van der Waals surface area contributed by atoms with Crippen molar-refractivity contribution in [2.45, 2.75) is 20.1 Å². The molecule has 2 N–H and O–H groups in total. The Morgan fingerprint density at radius 1 is 1.11 bits per heavy atom. The molecule has 0 unspecified atom stereocenters. The Hall–Kier alpha value is -2.00. The van der Waals surface area contributed by atoms with Gasteiger partial charge in [0.15, 0.2) is 0 Å². The largest absolute Gasteiger partial charge is 0.508 e. The normalized spacial score (nSPS) is 10.3. The molecule has 0 amide bonds. The number of aliphatic hydroxyl groups excluding tert-OH is 1. The molecular formula is C15H16O3. The number of benzene rings is 2. The lowest BCUT2D eigenvalue weighted by Gasteiger charge is -2.11. The van der Waals surface area contributed by atoms with Crippen LogP contribution in [0.5, 0.6) is 11.5 Å². The summed E-state index contributed by atoms with van der Waals surface area (Å²) in [4.78, 5) is 0. The zero-order valence-electron chi connectivity index (χ0n) is 10.3. The van der Waals surface area contributed by atoms with Crippen molar-refractivity contribution in [3.8, 4) is 11.5 Å². The highest BCUT2D eigenvalue weighted by atomic mass is 16.5. The first kappa shape index (κ1) is 12.5. The molecule has 94 valence electrons. The first-order valence-electron chi connectivity index (χ1n) is 5.80. The Morgan fingerprint density at radius 3 is 2.67 bits per heavy atom. The van der Waals surface area contributed by atoms with E-state index < -0.39 is 0 Å². The van der Waals surface area contributed by atoms with E-state index in [4.69, 9.17) is 4.74 Å². The van der Waals surface area contributed by atoms with Gasteiger partial charge in [-0.05, 0) is 30.7 Å². The van der Waals surface area contributed by atoms with E-state index in [1.54, 1.807) is 18.2 Å². The van der Waals surface area contributed by atoms with Gasteiger partial charge in [-0.1, -0.05) is 29.8 Å². The van der Waals surface area contributed by atoms with Crippen LogP contribution in [0.4, 0.5) is 0 Å². The van der Waals surface area contributed by atoms with Crippen LogP contribution < -0.4 is 4.74 Å². The molecule has 3 nitrogen and oxygen atoms in total. The molecule has 2 aromatic carbocycles. The van der Waals surface area contributed by atoms with Crippen LogP contribution in [0.25, 0.3) is 0 Å². The van der Waals surface area contributed by atoms with Crippen molar-refractivity contribution in [2.75, 3.05) is 0 Å². The zero-order valence-corrected chi connectivity index (χ0v) is 10.3. The van der Waals surface area contributed by atoms with Gasteiger partial charge in [-0.25, -0.2) is 0 Å². The summed E-state index contributed by atoms with van der Waals surface area (Å²) >= 11 is 0. The molecule has 0 aliphatic heterocycles. The molecule has 18 heavy (non-hydrogen) atoms. The molecule has 0 radical (unpaired) electrons. The topological polar surface area (TPSA) is 49.7 Å². The SMILES string of the molecule is Cc1ccc(OCc2cccc(O)c2)c(CO)c1. The van der Waals surface area contributed by atoms with Gasteiger partial charge in [-0.2, -0.15) is 0 Å². The fourth-order valence-electron chi connectivity index (χ4n) is 1.78. The number of ether oxygens (including phenoxy) is 1. The quantitative estimate of drug-likeness (QED) is 0.869. The van der Waals surface area contributed by atoms with E-state index in [1.807, 2.05) is 31.2 Å². The number of phenolic OH excluding ortho intramolecular Hbond substituents is 1. The molecular weight excluding hydrogens is 228 g/mol. The van der Waals surface area contributed by atoms with Crippen LogP contribution in [0.3, 0.4) is 0 Å². The molecule has 2 rings (SSSR count). The second-order valence-corrected chi connectivity index (χ2v) is 4.23. The van der Waals surface area contributed by atoms with Gasteiger partial charge in [0.05, 0.1) is 6.61 Å². The molecule has 0 heterocycles. The highest BCUT2D eigenvalue weighted by Crippen LogP contribution is 2.21. The van der Waals surface area contributed by atoms with Crippen molar-refractivity contribution in [3.63, 3.8) is 0 Å². The van der Waals surface area contributed by atoms with Crippen molar-refractivity contribution in [1.82, 2.24) is 0 Å². The third-order valence-corrected chi connectivity index (χ3v) is 2.69. The van der Waals surface area contributed by atoms with Crippen molar-refractivity contribution >= 4 is 0 Å². The highest BCUT2D eigenvalue weighted by molar-refractivity contribution is 5.36. The first-order valence-corrected chi connectivity index (χ1v) is 5.80. The molecule has 3 heteroatoms. The average molecular weight is 244 g/mol.